The summed E-state index contributed by atoms with van der Waals surface area (Å²) in [7, 11) is 0. The molecule has 3 heterocycles. The Morgan fingerprint density at radius 2 is 1.86 bits per heavy atom. The first-order chi connectivity index (χ1) is 14.1. The lowest BCUT2D eigenvalue weighted by molar-refractivity contribution is -0.141. The van der Waals surface area contributed by atoms with E-state index >= 15 is 0 Å². The van der Waals surface area contributed by atoms with Gasteiger partial charge in [-0.05, 0) is 62.1 Å². The maximum absolute atomic E-state index is 13.3. The minimum absolute atomic E-state index is 0.0334. The van der Waals surface area contributed by atoms with Gasteiger partial charge in [-0.3, -0.25) is 14.6 Å². The summed E-state index contributed by atoms with van der Waals surface area (Å²) in [5.74, 6) is 0.261. The van der Waals surface area contributed by atoms with Crippen molar-refractivity contribution in [2.24, 2.45) is 5.41 Å². The molecule has 2 aliphatic heterocycles. The van der Waals surface area contributed by atoms with Gasteiger partial charge in [-0.25, -0.2) is 4.39 Å². The van der Waals surface area contributed by atoms with Crippen LogP contribution < -0.4 is 9.64 Å². The molecule has 0 bridgehead atoms. The van der Waals surface area contributed by atoms with Gasteiger partial charge in [0.1, 0.15) is 11.6 Å². The zero-order valence-electron chi connectivity index (χ0n) is 16.2. The number of nitrogens with zero attached hydrogens (tertiary/aromatic N) is 3. The van der Waals surface area contributed by atoms with Gasteiger partial charge in [0.2, 0.25) is 5.91 Å². The van der Waals surface area contributed by atoms with Crippen LogP contribution in [0.2, 0.25) is 0 Å². The monoisotopic (exact) mass is 397 g/mol. The highest BCUT2D eigenvalue weighted by molar-refractivity contribution is 5.98. The molecule has 152 valence electrons. The molecule has 0 saturated carbocycles. The third-order valence-corrected chi connectivity index (χ3v) is 5.94. The molecule has 0 unspecified atom stereocenters. The van der Waals surface area contributed by atoms with Crippen molar-refractivity contribution < 1.29 is 18.7 Å². The fraction of sp³-hybridized carbons (Fsp3) is 0.409. The normalized spacial score (nSPS) is 18.7. The van der Waals surface area contributed by atoms with E-state index in [9.17, 15) is 14.0 Å². The summed E-state index contributed by atoms with van der Waals surface area (Å²) in [6.45, 7) is 1.69. The number of hydrogen-bond acceptors (Lipinski definition) is 4. The predicted molar refractivity (Wildman–Crippen MR) is 106 cm³/mol. The Kier molecular flexibility index (Phi) is 5.47. The van der Waals surface area contributed by atoms with Crippen molar-refractivity contribution >= 4 is 17.5 Å². The zero-order valence-corrected chi connectivity index (χ0v) is 16.2. The largest absolute Gasteiger partial charge is 0.482 e. The lowest BCUT2D eigenvalue weighted by Gasteiger charge is -2.46. The van der Waals surface area contributed by atoms with Crippen LogP contribution in [0, 0.1) is 11.2 Å². The van der Waals surface area contributed by atoms with Crippen LogP contribution in [0.15, 0.2) is 48.8 Å². The second kappa shape index (κ2) is 8.19. The lowest BCUT2D eigenvalue weighted by atomic mass is 9.71. The molecule has 4 rings (SSSR count). The van der Waals surface area contributed by atoms with Crippen molar-refractivity contribution in [2.45, 2.75) is 25.7 Å². The maximum atomic E-state index is 13.3. The zero-order chi connectivity index (χ0) is 20.3. The first-order valence-corrected chi connectivity index (χ1v) is 9.96. The van der Waals surface area contributed by atoms with E-state index in [1.165, 1.54) is 12.1 Å². The fourth-order valence-electron chi connectivity index (χ4n) is 4.25. The molecule has 2 saturated heterocycles. The van der Waals surface area contributed by atoms with Crippen LogP contribution >= 0.6 is 0 Å². The van der Waals surface area contributed by atoms with Crippen molar-refractivity contribution in [2.75, 3.05) is 31.1 Å². The number of piperidine rings is 2. The van der Waals surface area contributed by atoms with Crippen LogP contribution in [0.3, 0.4) is 0 Å². The van der Waals surface area contributed by atoms with Crippen molar-refractivity contribution in [3.05, 3.63) is 54.6 Å². The molecule has 6 nitrogen and oxygen atoms in total. The van der Waals surface area contributed by atoms with Crippen LogP contribution in [0.1, 0.15) is 25.7 Å². The number of amides is 2. The first kappa shape index (κ1) is 19.4. The summed E-state index contributed by atoms with van der Waals surface area (Å²) in [4.78, 5) is 33.3. The Bertz CT molecular complexity index is 865. The van der Waals surface area contributed by atoms with Crippen LogP contribution in [0.4, 0.5) is 10.1 Å². The number of ether oxygens (including phenoxy) is 1. The standard InChI is InChI=1S/C22H24FN3O3/c23-17-4-6-18(7-5-17)26-12-2-8-22(21(26)28)9-13-25(14-10-22)20(27)16-29-19-3-1-11-24-15-19/h1,3-7,11,15H,2,8-10,12-14,16H2. The quantitative estimate of drug-likeness (QED) is 0.796. The van der Waals surface area contributed by atoms with Gasteiger partial charge in [0.15, 0.2) is 6.61 Å². The number of hydrogen-bond donors (Lipinski definition) is 0. The highest BCUT2D eigenvalue weighted by atomic mass is 19.1. The van der Waals surface area contributed by atoms with E-state index in [1.807, 2.05) is 0 Å². The molecule has 1 aromatic carbocycles. The van der Waals surface area contributed by atoms with E-state index in [4.69, 9.17) is 4.74 Å². The Morgan fingerprint density at radius 3 is 2.55 bits per heavy atom. The summed E-state index contributed by atoms with van der Waals surface area (Å²) < 4.78 is 18.7. The number of rotatable bonds is 4. The van der Waals surface area contributed by atoms with Gasteiger partial charge in [-0.15, -0.1) is 0 Å². The molecule has 2 fully saturated rings. The molecule has 0 N–H and O–H groups in total. The number of carbonyl (C=O) groups excluding carboxylic acids is 2. The molecule has 7 heteroatoms. The van der Waals surface area contributed by atoms with Gasteiger partial charge in [-0.1, -0.05) is 0 Å². The van der Waals surface area contributed by atoms with Crippen LogP contribution in [-0.2, 0) is 9.59 Å². The SMILES string of the molecule is O=C(COc1cccnc1)N1CCC2(CCCN(c3ccc(F)cc3)C2=O)CC1. The van der Waals surface area contributed by atoms with Gasteiger partial charge in [0.25, 0.3) is 5.91 Å². The number of aromatic nitrogens is 1. The smallest absolute Gasteiger partial charge is 0.260 e. The summed E-state index contributed by atoms with van der Waals surface area (Å²) >= 11 is 0. The van der Waals surface area contributed by atoms with E-state index in [0.29, 0.717) is 38.2 Å². The summed E-state index contributed by atoms with van der Waals surface area (Å²) in [5.41, 5.74) is 0.298. The number of carbonyl (C=O) groups is 2. The highest BCUT2D eigenvalue weighted by Crippen LogP contribution is 2.42. The molecular weight excluding hydrogens is 373 g/mol. The third kappa shape index (κ3) is 4.09. The van der Waals surface area contributed by atoms with Crippen LogP contribution in [0.5, 0.6) is 5.75 Å². The molecule has 2 aliphatic rings. The maximum Gasteiger partial charge on any atom is 0.260 e. The Labute approximate surface area is 169 Å². The van der Waals surface area contributed by atoms with Gasteiger partial charge >= 0.3 is 0 Å². The van der Waals surface area contributed by atoms with Gasteiger partial charge in [0.05, 0.1) is 11.6 Å². The van der Waals surface area contributed by atoms with E-state index in [-0.39, 0.29) is 24.2 Å². The number of halogens is 1. The third-order valence-electron chi connectivity index (χ3n) is 5.94. The van der Waals surface area contributed by atoms with E-state index in [0.717, 1.165) is 18.5 Å². The number of benzene rings is 1. The average Bonchev–Trinajstić information content (AvgIpc) is 2.76. The van der Waals surface area contributed by atoms with Gasteiger partial charge in [-0.2, -0.15) is 0 Å². The van der Waals surface area contributed by atoms with Crippen LogP contribution in [0.25, 0.3) is 0 Å². The molecule has 1 spiro atoms. The summed E-state index contributed by atoms with van der Waals surface area (Å²) in [6.07, 6.45) is 6.24. The number of pyridine rings is 1. The molecule has 2 amide bonds. The minimum atomic E-state index is -0.437. The predicted octanol–water partition coefficient (Wildman–Crippen LogP) is 3.04. The fourth-order valence-corrected chi connectivity index (χ4v) is 4.25. The summed E-state index contributed by atoms with van der Waals surface area (Å²) in [5, 5.41) is 0. The number of likely N-dealkylation sites (tertiary alicyclic amines) is 1. The lowest BCUT2D eigenvalue weighted by Crippen LogP contribution is -2.55. The second-order valence-electron chi connectivity index (χ2n) is 7.68. The van der Waals surface area contributed by atoms with Crippen LogP contribution in [-0.4, -0.2) is 47.9 Å². The van der Waals surface area contributed by atoms with E-state index in [2.05, 4.69) is 4.98 Å². The molecule has 0 aliphatic carbocycles. The second-order valence-corrected chi connectivity index (χ2v) is 7.68. The average molecular weight is 397 g/mol. The highest BCUT2D eigenvalue weighted by Gasteiger charge is 2.46. The number of anilines is 1. The topological polar surface area (TPSA) is 62.7 Å². The minimum Gasteiger partial charge on any atom is -0.482 e. The molecule has 29 heavy (non-hydrogen) atoms. The molecular formula is C22H24FN3O3. The van der Waals surface area contributed by atoms with Crippen molar-refractivity contribution in [3.8, 4) is 5.75 Å². The Balaban J connectivity index is 1.36. The van der Waals surface area contributed by atoms with Crippen molar-refractivity contribution in [1.29, 1.82) is 0 Å². The molecule has 2 aromatic rings. The summed E-state index contributed by atoms with van der Waals surface area (Å²) in [6, 6.07) is 9.59. The molecule has 0 atom stereocenters. The van der Waals surface area contributed by atoms with E-state index in [1.54, 1.807) is 46.5 Å². The van der Waals surface area contributed by atoms with Gasteiger partial charge in [0, 0.05) is 31.5 Å². The first-order valence-electron chi connectivity index (χ1n) is 9.96. The molecule has 1 aromatic heterocycles. The Hall–Kier alpha value is -2.96. The Morgan fingerprint density at radius 1 is 1.10 bits per heavy atom. The van der Waals surface area contributed by atoms with Crippen molar-refractivity contribution in [1.82, 2.24) is 9.88 Å². The van der Waals surface area contributed by atoms with E-state index < -0.39 is 5.41 Å². The van der Waals surface area contributed by atoms with Crippen molar-refractivity contribution in [3.63, 3.8) is 0 Å². The molecule has 0 radical (unpaired) electrons. The van der Waals surface area contributed by atoms with Gasteiger partial charge < -0.3 is 14.5 Å².